The maximum Gasteiger partial charge on any atom is 0.231 e. The third kappa shape index (κ3) is 4.66. The molecule has 0 fully saturated rings. The van der Waals surface area contributed by atoms with E-state index in [2.05, 4.69) is 51.0 Å². The lowest BCUT2D eigenvalue weighted by Crippen LogP contribution is -2.31. The lowest BCUT2D eigenvalue weighted by Gasteiger charge is -2.26. The summed E-state index contributed by atoms with van der Waals surface area (Å²) in [7, 11) is 3.23. The highest BCUT2D eigenvalue weighted by molar-refractivity contribution is 5.80. The van der Waals surface area contributed by atoms with Gasteiger partial charge in [0.05, 0.1) is 6.54 Å². The normalized spacial score (nSPS) is 12.0. The number of ether oxygens (including phenoxy) is 2. The molecule has 0 spiro atoms. The molecular formula is C25H29N7O2. The molecule has 4 rings (SSSR count). The van der Waals surface area contributed by atoms with Crippen molar-refractivity contribution in [3.8, 4) is 22.5 Å². The molecule has 4 aromatic rings. The van der Waals surface area contributed by atoms with E-state index >= 15 is 0 Å². The topological polar surface area (TPSA) is 104 Å². The van der Waals surface area contributed by atoms with Crippen LogP contribution in [-0.4, -0.2) is 49.6 Å². The molecule has 0 bridgehead atoms. The van der Waals surface area contributed by atoms with E-state index < -0.39 is 5.79 Å². The molecule has 176 valence electrons. The quantitative estimate of drug-likeness (QED) is 0.281. The maximum atomic E-state index is 5.66. The van der Waals surface area contributed by atoms with Gasteiger partial charge in [-0.2, -0.15) is 5.21 Å². The highest BCUT2D eigenvalue weighted by Crippen LogP contribution is 2.30. The molecule has 0 saturated carbocycles. The van der Waals surface area contributed by atoms with Crippen LogP contribution in [0.3, 0.4) is 0 Å². The first-order valence-corrected chi connectivity index (χ1v) is 11.2. The van der Waals surface area contributed by atoms with Gasteiger partial charge in [-0.3, -0.25) is 0 Å². The second-order valence-corrected chi connectivity index (χ2v) is 7.77. The molecule has 0 atom stereocenters. The number of benzene rings is 2. The number of methoxy groups -OCH3 is 2. The van der Waals surface area contributed by atoms with Gasteiger partial charge in [-0.25, -0.2) is 9.67 Å². The van der Waals surface area contributed by atoms with Crippen LogP contribution < -0.4 is 0 Å². The molecule has 0 aliphatic carbocycles. The van der Waals surface area contributed by atoms with Gasteiger partial charge in [-0.1, -0.05) is 67.6 Å². The fraction of sp³-hybridized carbons (Fsp3) is 0.320. The average molecular weight is 460 g/mol. The van der Waals surface area contributed by atoms with Crippen molar-refractivity contribution < 1.29 is 9.47 Å². The third-order valence-electron chi connectivity index (χ3n) is 5.87. The van der Waals surface area contributed by atoms with Gasteiger partial charge in [-0.15, -0.1) is 15.3 Å². The zero-order valence-electron chi connectivity index (χ0n) is 19.9. The van der Waals surface area contributed by atoms with E-state index in [4.69, 9.17) is 19.6 Å². The minimum atomic E-state index is -0.960. The maximum absolute atomic E-state index is 5.66. The van der Waals surface area contributed by atoms with E-state index in [1.54, 1.807) is 14.2 Å². The highest BCUT2D eigenvalue weighted by Gasteiger charge is 2.35. The smallest absolute Gasteiger partial charge is 0.231 e. The summed E-state index contributed by atoms with van der Waals surface area (Å²) in [6.07, 6.45) is 5.28. The lowest BCUT2D eigenvalue weighted by atomic mass is 9.98. The standard InChI is InChI=1S/C25H29N7O2/c1-5-7-16-32-22(26-24(29-32)25(6-2,33-3)34-4)17-18-12-14-19(15-13-18)20-10-8-9-11-21(20)23-27-30-31-28-23/h5,7-15H,6,16-17H2,1-4H3,(H,27,28,30,31). The highest BCUT2D eigenvalue weighted by atomic mass is 16.7. The number of hydrogen-bond acceptors (Lipinski definition) is 7. The fourth-order valence-electron chi connectivity index (χ4n) is 3.92. The first-order chi connectivity index (χ1) is 16.6. The van der Waals surface area contributed by atoms with E-state index in [1.807, 2.05) is 48.9 Å². The molecule has 9 nitrogen and oxygen atoms in total. The SMILES string of the molecule is CC=CCn1nc(C(CC)(OC)OC)nc1Cc1ccc(-c2ccccc2-c2nn[nH]n2)cc1. The Morgan fingerprint density at radius 3 is 2.38 bits per heavy atom. The van der Waals surface area contributed by atoms with E-state index in [1.165, 1.54) is 0 Å². The molecule has 9 heteroatoms. The Morgan fingerprint density at radius 2 is 1.76 bits per heavy atom. The number of rotatable bonds is 10. The molecule has 2 aromatic heterocycles. The van der Waals surface area contributed by atoms with E-state index in [0.29, 0.717) is 31.0 Å². The van der Waals surface area contributed by atoms with E-state index in [0.717, 1.165) is 28.1 Å². The zero-order valence-corrected chi connectivity index (χ0v) is 19.9. The Hall–Kier alpha value is -3.69. The van der Waals surface area contributed by atoms with Crippen LogP contribution in [-0.2, 0) is 28.2 Å². The number of hydrogen-bond donors (Lipinski definition) is 1. The summed E-state index contributed by atoms with van der Waals surface area (Å²) in [5.74, 6) is 0.990. The van der Waals surface area contributed by atoms with Crippen LogP contribution in [0.5, 0.6) is 0 Å². The summed E-state index contributed by atoms with van der Waals surface area (Å²) >= 11 is 0. The van der Waals surface area contributed by atoms with Crippen molar-refractivity contribution in [2.45, 2.75) is 39.0 Å². The summed E-state index contributed by atoms with van der Waals surface area (Å²) in [6, 6.07) is 16.4. The van der Waals surface area contributed by atoms with Crippen LogP contribution in [0, 0.1) is 0 Å². The predicted molar refractivity (Wildman–Crippen MR) is 129 cm³/mol. The van der Waals surface area contributed by atoms with Crippen molar-refractivity contribution in [3.05, 3.63) is 77.9 Å². The number of tetrazole rings is 1. The first kappa shape index (κ1) is 23.5. The van der Waals surface area contributed by atoms with Gasteiger partial charge in [0.1, 0.15) is 5.82 Å². The molecule has 0 saturated heterocycles. The molecule has 2 aromatic carbocycles. The van der Waals surface area contributed by atoms with Gasteiger partial charge in [0.2, 0.25) is 17.4 Å². The number of H-pyrrole nitrogens is 1. The Balaban J connectivity index is 1.63. The summed E-state index contributed by atoms with van der Waals surface area (Å²) in [5.41, 5.74) is 4.17. The van der Waals surface area contributed by atoms with Crippen LogP contribution >= 0.6 is 0 Å². The zero-order chi connectivity index (χ0) is 24.0. The van der Waals surface area contributed by atoms with Crippen LogP contribution in [0.1, 0.15) is 37.5 Å². The fourth-order valence-corrected chi connectivity index (χ4v) is 3.92. The van der Waals surface area contributed by atoms with Crippen LogP contribution in [0.4, 0.5) is 0 Å². The molecule has 2 heterocycles. The van der Waals surface area contributed by atoms with Gasteiger partial charge in [0.15, 0.2) is 0 Å². The van der Waals surface area contributed by atoms with Crippen LogP contribution in [0.25, 0.3) is 22.5 Å². The minimum Gasteiger partial charge on any atom is -0.347 e. The monoisotopic (exact) mass is 459 g/mol. The first-order valence-electron chi connectivity index (χ1n) is 11.2. The number of allylic oxidation sites excluding steroid dienone is 2. The van der Waals surface area contributed by atoms with Gasteiger partial charge in [-0.05, 0) is 28.8 Å². The van der Waals surface area contributed by atoms with E-state index in [9.17, 15) is 0 Å². The molecule has 0 aliphatic rings. The molecule has 0 radical (unpaired) electrons. The Bertz CT molecular complexity index is 1220. The van der Waals surface area contributed by atoms with Crippen LogP contribution in [0.2, 0.25) is 0 Å². The second-order valence-electron chi connectivity index (χ2n) is 7.77. The van der Waals surface area contributed by atoms with E-state index in [-0.39, 0.29) is 0 Å². The van der Waals surface area contributed by atoms with Gasteiger partial charge in [0, 0.05) is 32.6 Å². The Kier molecular flexibility index (Phi) is 7.24. The molecule has 0 unspecified atom stereocenters. The van der Waals surface area contributed by atoms with Crippen molar-refractivity contribution in [1.29, 1.82) is 0 Å². The number of aromatic nitrogens is 7. The van der Waals surface area contributed by atoms with Crippen LogP contribution in [0.15, 0.2) is 60.7 Å². The molecular weight excluding hydrogens is 430 g/mol. The summed E-state index contributed by atoms with van der Waals surface area (Å²) in [5, 5.41) is 19.2. The largest absolute Gasteiger partial charge is 0.347 e. The van der Waals surface area contributed by atoms with Gasteiger partial charge < -0.3 is 9.47 Å². The van der Waals surface area contributed by atoms with Crippen molar-refractivity contribution in [3.63, 3.8) is 0 Å². The molecule has 34 heavy (non-hydrogen) atoms. The van der Waals surface area contributed by atoms with Crippen molar-refractivity contribution in [2.24, 2.45) is 0 Å². The van der Waals surface area contributed by atoms with Crippen molar-refractivity contribution >= 4 is 0 Å². The molecule has 1 N–H and O–H groups in total. The minimum absolute atomic E-state index is 0.533. The average Bonchev–Trinajstić information content (AvgIpc) is 3.56. The van der Waals surface area contributed by atoms with Crippen molar-refractivity contribution in [1.82, 2.24) is 35.4 Å². The number of aromatic amines is 1. The molecule has 0 aliphatic heterocycles. The number of nitrogens with zero attached hydrogens (tertiary/aromatic N) is 6. The lowest BCUT2D eigenvalue weighted by molar-refractivity contribution is -0.222. The summed E-state index contributed by atoms with van der Waals surface area (Å²) in [6.45, 7) is 4.61. The Morgan fingerprint density at radius 1 is 1.03 bits per heavy atom. The third-order valence-corrected chi connectivity index (χ3v) is 5.87. The second kappa shape index (κ2) is 10.5. The Labute approximate surface area is 198 Å². The predicted octanol–water partition coefficient (Wildman–Crippen LogP) is 4.15. The van der Waals surface area contributed by atoms with Gasteiger partial charge >= 0.3 is 0 Å². The summed E-state index contributed by atoms with van der Waals surface area (Å²) in [4.78, 5) is 4.81. The molecule has 0 amide bonds. The van der Waals surface area contributed by atoms with Gasteiger partial charge in [0.25, 0.3) is 0 Å². The summed E-state index contributed by atoms with van der Waals surface area (Å²) < 4.78 is 13.2. The van der Waals surface area contributed by atoms with Crippen molar-refractivity contribution in [2.75, 3.05) is 14.2 Å². The number of nitrogens with one attached hydrogen (secondary N) is 1.